The highest BCUT2D eigenvalue weighted by Gasteiger charge is 2.48. The van der Waals surface area contributed by atoms with Crippen LogP contribution in [-0.2, 0) is 16.1 Å². The number of thiophene rings is 1. The Morgan fingerprint density at radius 1 is 1.19 bits per heavy atom. The van der Waals surface area contributed by atoms with Crippen molar-refractivity contribution < 1.29 is 9.59 Å². The fourth-order valence-electron chi connectivity index (χ4n) is 4.53. The van der Waals surface area contributed by atoms with Crippen molar-refractivity contribution in [1.82, 2.24) is 10.2 Å². The summed E-state index contributed by atoms with van der Waals surface area (Å²) in [5, 5.41) is 15.7. The van der Waals surface area contributed by atoms with E-state index < -0.39 is 11.5 Å². The molecule has 2 atom stereocenters. The Bertz CT molecular complexity index is 1270. The number of benzene rings is 2. The molecule has 1 N–H and O–H groups in total. The van der Waals surface area contributed by atoms with Gasteiger partial charge in [0.1, 0.15) is 5.54 Å². The molecule has 0 aliphatic carbocycles. The van der Waals surface area contributed by atoms with Crippen molar-refractivity contribution in [3.05, 3.63) is 85.5 Å². The number of hydrogen-bond donors (Lipinski definition) is 1. The van der Waals surface area contributed by atoms with Gasteiger partial charge in [0.15, 0.2) is 0 Å². The highest BCUT2D eigenvalue weighted by atomic mass is 35.5. The van der Waals surface area contributed by atoms with Crippen LogP contribution >= 0.6 is 34.5 Å². The summed E-state index contributed by atoms with van der Waals surface area (Å²) in [4.78, 5) is 30.8. The van der Waals surface area contributed by atoms with E-state index in [0.29, 0.717) is 40.9 Å². The third-order valence-electron chi connectivity index (χ3n) is 6.59. The molecule has 3 aromatic rings. The Hall–Kier alpha value is -2.89. The van der Waals surface area contributed by atoms with Gasteiger partial charge in [0.05, 0.1) is 11.6 Å². The average molecular weight is 558 g/mol. The Morgan fingerprint density at radius 3 is 2.35 bits per heavy atom. The number of carbonyl (C=O) groups is 2. The second-order valence-corrected chi connectivity index (χ2v) is 10.9. The summed E-state index contributed by atoms with van der Waals surface area (Å²) < 4.78 is 0. The number of nitrogens with zero attached hydrogens (tertiary/aromatic N) is 3. The lowest BCUT2D eigenvalue weighted by Crippen LogP contribution is -2.61. The first-order valence-corrected chi connectivity index (χ1v) is 13.5. The molecule has 1 aromatic heterocycles. The van der Waals surface area contributed by atoms with Gasteiger partial charge in [-0.05, 0) is 73.7 Å². The van der Waals surface area contributed by atoms with Gasteiger partial charge < -0.3 is 15.1 Å². The minimum Gasteiger partial charge on any atom is -0.330 e. The molecule has 2 amide bonds. The normalized spacial score (nSPS) is 13.3. The second-order valence-electron chi connectivity index (χ2n) is 9.04. The van der Waals surface area contributed by atoms with Crippen LogP contribution in [0.3, 0.4) is 0 Å². The van der Waals surface area contributed by atoms with Crippen molar-refractivity contribution in [2.75, 3.05) is 25.0 Å². The number of nitriles is 1. The molecular weight excluding hydrogens is 527 g/mol. The number of aryl methyl sites for hydroxylation is 1. The highest BCUT2D eigenvalue weighted by Crippen LogP contribution is 2.36. The van der Waals surface area contributed by atoms with E-state index in [1.165, 1.54) is 20.2 Å². The van der Waals surface area contributed by atoms with Crippen LogP contribution in [0.15, 0.2) is 53.9 Å². The van der Waals surface area contributed by atoms with E-state index in [-0.39, 0.29) is 5.91 Å². The summed E-state index contributed by atoms with van der Waals surface area (Å²) in [6, 6.07) is 16.3. The Balaban J connectivity index is 2.06. The van der Waals surface area contributed by atoms with Gasteiger partial charge in [-0.1, -0.05) is 35.3 Å². The number of nitrogens with one attached hydrogen (secondary N) is 1. The molecule has 0 aliphatic rings. The lowest BCUT2D eigenvalue weighted by Gasteiger charge is -2.45. The van der Waals surface area contributed by atoms with Gasteiger partial charge in [-0.25, -0.2) is 0 Å². The van der Waals surface area contributed by atoms with Gasteiger partial charge >= 0.3 is 0 Å². The zero-order valence-corrected chi connectivity index (χ0v) is 23.6. The van der Waals surface area contributed by atoms with Crippen molar-refractivity contribution in [2.24, 2.45) is 0 Å². The van der Waals surface area contributed by atoms with Gasteiger partial charge in [0.25, 0.3) is 5.91 Å². The van der Waals surface area contributed by atoms with E-state index in [0.717, 1.165) is 12.0 Å². The largest absolute Gasteiger partial charge is 0.330 e. The summed E-state index contributed by atoms with van der Waals surface area (Å²) in [5.74, 6) is -0.723. The number of hydrogen-bond acceptors (Lipinski definition) is 5. The Kier molecular flexibility index (Phi) is 9.74. The first-order chi connectivity index (χ1) is 17.6. The maximum Gasteiger partial charge on any atom is 0.253 e. The fraction of sp³-hybridized carbons (Fsp3) is 0.321. The number of likely N-dealkylation sites (N-methyl/N-ethyl adjacent to an activating group) is 2. The molecule has 6 nitrogen and oxygen atoms in total. The van der Waals surface area contributed by atoms with Gasteiger partial charge in [-0.15, -0.1) is 11.3 Å². The summed E-state index contributed by atoms with van der Waals surface area (Å²) in [6.45, 7) is 7.05. The van der Waals surface area contributed by atoms with Gasteiger partial charge in [0.2, 0.25) is 6.41 Å². The van der Waals surface area contributed by atoms with Crippen molar-refractivity contribution in [3.63, 3.8) is 0 Å². The van der Waals surface area contributed by atoms with Crippen LogP contribution in [-0.4, -0.2) is 42.9 Å². The Morgan fingerprint density at radius 2 is 1.84 bits per heavy atom. The van der Waals surface area contributed by atoms with E-state index in [1.807, 2.05) is 19.1 Å². The predicted molar refractivity (Wildman–Crippen MR) is 151 cm³/mol. The van der Waals surface area contributed by atoms with E-state index >= 15 is 0 Å². The SMILES string of the molecule is CCN(C=O)[C@@](C)(C(=O)N(C)c1cc(Cl)cc(Cl)c1)C(CNCc1cc(C)cs1)c1ccc(C#N)cc1. The van der Waals surface area contributed by atoms with Gasteiger partial charge in [-0.3, -0.25) is 9.59 Å². The van der Waals surface area contributed by atoms with Gasteiger partial charge in [0, 0.05) is 53.2 Å². The molecule has 2 aromatic carbocycles. The van der Waals surface area contributed by atoms with E-state index in [4.69, 9.17) is 23.2 Å². The summed E-state index contributed by atoms with van der Waals surface area (Å²) >= 11 is 14.1. The minimum absolute atomic E-state index is 0.289. The molecule has 0 spiro atoms. The van der Waals surface area contributed by atoms with E-state index in [9.17, 15) is 14.9 Å². The maximum absolute atomic E-state index is 14.3. The minimum atomic E-state index is -1.27. The van der Waals surface area contributed by atoms with Crippen molar-refractivity contribution >= 4 is 52.5 Å². The summed E-state index contributed by atoms with van der Waals surface area (Å²) in [5.41, 5.74) is 1.81. The number of anilines is 1. The molecule has 1 unspecified atom stereocenters. The van der Waals surface area contributed by atoms with Crippen molar-refractivity contribution in [1.29, 1.82) is 5.26 Å². The monoisotopic (exact) mass is 556 g/mol. The molecule has 0 fully saturated rings. The van der Waals surface area contributed by atoms with Crippen LogP contribution in [0.4, 0.5) is 5.69 Å². The van der Waals surface area contributed by atoms with Crippen molar-refractivity contribution in [2.45, 2.75) is 38.8 Å². The first kappa shape index (κ1) is 28.7. The molecule has 9 heteroatoms. The predicted octanol–water partition coefficient (Wildman–Crippen LogP) is 6.01. The molecule has 0 bridgehead atoms. The van der Waals surface area contributed by atoms with Crippen LogP contribution in [0.2, 0.25) is 10.0 Å². The smallest absolute Gasteiger partial charge is 0.253 e. The van der Waals surface area contributed by atoms with E-state index in [1.54, 1.807) is 55.6 Å². The quantitative estimate of drug-likeness (QED) is 0.293. The highest BCUT2D eigenvalue weighted by molar-refractivity contribution is 7.10. The average Bonchev–Trinajstić information content (AvgIpc) is 3.30. The number of amides is 2. The van der Waals surface area contributed by atoms with Crippen LogP contribution in [0.25, 0.3) is 0 Å². The van der Waals surface area contributed by atoms with Crippen LogP contribution in [0.1, 0.15) is 41.3 Å². The third kappa shape index (κ3) is 6.52. The zero-order chi connectivity index (χ0) is 27.2. The standard InChI is InChI=1S/C28H30Cl2N4O2S/c1-5-34(18-35)28(3,27(36)33(4)24-12-22(29)11-23(30)13-24)26(21-8-6-20(14-31)7-9-21)16-32-15-25-10-19(2)17-37-25/h6-13,17-18,26,32H,5,15-16H2,1-4H3/t26?,28-/m1/s1. The second kappa shape index (κ2) is 12.6. The molecule has 0 aliphatic heterocycles. The van der Waals surface area contributed by atoms with Gasteiger partial charge in [-0.2, -0.15) is 5.26 Å². The van der Waals surface area contributed by atoms with E-state index in [2.05, 4.69) is 29.8 Å². The molecular formula is C28H30Cl2N4O2S. The fourth-order valence-corrected chi connectivity index (χ4v) is 5.89. The van der Waals surface area contributed by atoms with Crippen molar-refractivity contribution in [3.8, 4) is 6.07 Å². The lowest BCUT2D eigenvalue weighted by atomic mass is 9.77. The number of halogens is 2. The first-order valence-electron chi connectivity index (χ1n) is 11.8. The molecule has 0 radical (unpaired) electrons. The zero-order valence-electron chi connectivity index (χ0n) is 21.3. The molecule has 194 valence electrons. The lowest BCUT2D eigenvalue weighted by molar-refractivity contribution is -0.139. The molecule has 0 saturated heterocycles. The molecule has 3 rings (SSSR count). The Labute approximate surface area is 232 Å². The number of rotatable bonds is 11. The maximum atomic E-state index is 14.3. The van der Waals surface area contributed by atoms with Crippen LogP contribution in [0.5, 0.6) is 0 Å². The summed E-state index contributed by atoms with van der Waals surface area (Å²) in [6.07, 6.45) is 0.718. The third-order valence-corrected chi connectivity index (χ3v) is 8.08. The van der Waals surface area contributed by atoms with Crippen LogP contribution < -0.4 is 10.2 Å². The number of carbonyl (C=O) groups excluding carboxylic acids is 2. The summed E-state index contributed by atoms with van der Waals surface area (Å²) in [7, 11) is 1.65. The molecule has 37 heavy (non-hydrogen) atoms. The van der Waals surface area contributed by atoms with Crippen LogP contribution in [0, 0.1) is 18.3 Å². The topological polar surface area (TPSA) is 76.4 Å². The molecule has 0 saturated carbocycles. The molecule has 1 heterocycles.